The molecular formula is C16H34IN3O2. The molecule has 6 heteroatoms. The van der Waals surface area contributed by atoms with Gasteiger partial charge in [0.2, 0.25) is 0 Å². The smallest absolute Gasteiger partial charge is 0.191 e. The first-order valence-corrected chi connectivity index (χ1v) is 8.45. The Bertz CT molecular complexity index is 272. The third-order valence-electron chi connectivity index (χ3n) is 3.83. The summed E-state index contributed by atoms with van der Waals surface area (Å²) in [4.78, 5) is 4.62. The van der Waals surface area contributed by atoms with Gasteiger partial charge in [-0.2, -0.15) is 0 Å². The highest BCUT2D eigenvalue weighted by atomic mass is 127. The maximum atomic E-state index is 5.43. The fraction of sp³-hybridized carbons (Fsp3) is 0.938. The maximum Gasteiger partial charge on any atom is 0.191 e. The summed E-state index contributed by atoms with van der Waals surface area (Å²) in [6, 6.07) is 0. The molecule has 0 unspecified atom stereocenters. The van der Waals surface area contributed by atoms with Crippen LogP contribution in [-0.2, 0) is 9.47 Å². The minimum Gasteiger partial charge on any atom is -0.382 e. The third kappa shape index (κ3) is 11.5. The van der Waals surface area contributed by atoms with Gasteiger partial charge in [-0.15, -0.1) is 24.0 Å². The van der Waals surface area contributed by atoms with E-state index in [9.17, 15) is 0 Å². The van der Waals surface area contributed by atoms with Crippen molar-refractivity contribution in [3.05, 3.63) is 0 Å². The largest absolute Gasteiger partial charge is 0.382 e. The Morgan fingerprint density at radius 1 is 1.14 bits per heavy atom. The predicted molar refractivity (Wildman–Crippen MR) is 103 cm³/mol. The van der Waals surface area contributed by atoms with Gasteiger partial charge in [-0.1, -0.05) is 25.7 Å². The molecular weight excluding hydrogens is 393 g/mol. The molecule has 0 radical (unpaired) electrons. The van der Waals surface area contributed by atoms with E-state index in [2.05, 4.69) is 22.5 Å². The monoisotopic (exact) mass is 427 g/mol. The summed E-state index contributed by atoms with van der Waals surface area (Å²) >= 11 is 0. The van der Waals surface area contributed by atoms with Crippen LogP contribution in [0.4, 0.5) is 0 Å². The van der Waals surface area contributed by atoms with Crippen molar-refractivity contribution in [1.82, 2.24) is 10.6 Å². The Labute approximate surface area is 153 Å². The molecule has 0 aromatic heterocycles. The standard InChI is InChI=1S/C16H33N3O2.HI/c1-3-17-16(19-11-12-21-14-13-20-2)18-10-6-9-15-7-4-5-8-15;/h15H,3-14H2,1-2H3,(H2,17,18,19);1H. The van der Waals surface area contributed by atoms with Crippen LogP contribution in [0.15, 0.2) is 4.99 Å². The lowest BCUT2D eigenvalue weighted by atomic mass is 10.0. The molecule has 0 amide bonds. The second-order valence-corrected chi connectivity index (χ2v) is 5.59. The molecule has 22 heavy (non-hydrogen) atoms. The van der Waals surface area contributed by atoms with Crippen LogP contribution in [0.3, 0.4) is 0 Å². The topological polar surface area (TPSA) is 54.9 Å². The first-order valence-electron chi connectivity index (χ1n) is 8.45. The summed E-state index contributed by atoms with van der Waals surface area (Å²) in [7, 11) is 1.68. The third-order valence-corrected chi connectivity index (χ3v) is 3.83. The molecule has 0 heterocycles. The van der Waals surface area contributed by atoms with Crippen LogP contribution in [0.1, 0.15) is 45.4 Å². The molecule has 0 bridgehead atoms. The van der Waals surface area contributed by atoms with Crippen LogP contribution in [0.5, 0.6) is 0 Å². The molecule has 1 fully saturated rings. The number of nitrogens with zero attached hydrogens (tertiary/aromatic N) is 1. The highest BCUT2D eigenvalue weighted by Gasteiger charge is 2.13. The van der Waals surface area contributed by atoms with Gasteiger partial charge in [-0.3, -0.25) is 4.99 Å². The molecule has 0 aromatic rings. The lowest BCUT2D eigenvalue weighted by Gasteiger charge is -2.12. The number of hydrogen-bond acceptors (Lipinski definition) is 3. The Morgan fingerprint density at radius 3 is 2.59 bits per heavy atom. The Kier molecular flexibility index (Phi) is 15.7. The van der Waals surface area contributed by atoms with Gasteiger partial charge in [0.05, 0.1) is 19.8 Å². The zero-order valence-corrected chi connectivity index (χ0v) is 16.6. The van der Waals surface area contributed by atoms with Gasteiger partial charge in [0.15, 0.2) is 5.96 Å². The molecule has 0 atom stereocenters. The van der Waals surface area contributed by atoms with Gasteiger partial charge in [0, 0.05) is 26.7 Å². The summed E-state index contributed by atoms with van der Waals surface area (Å²) in [5.74, 6) is 1.86. The Morgan fingerprint density at radius 2 is 1.91 bits per heavy atom. The van der Waals surface area contributed by atoms with Crippen molar-refractivity contribution in [1.29, 1.82) is 0 Å². The molecule has 0 aromatic carbocycles. The van der Waals surface area contributed by atoms with Gasteiger partial charge in [0.1, 0.15) is 0 Å². The number of nitrogens with one attached hydrogen (secondary N) is 2. The summed E-state index contributed by atoms with van der Waals surface area (Å²) in [6.45, 7) is 6.64. The van der Waals surface area contributed by atoms with Crippen molar-refractivity contribution in [3.8, 4) is 0 Å². The number of rotatable bonds is 11. The van der Waals surface area contributed by atoms with Crippen LogP contribution in [0, 0.1) is 5.92 Å². The van der Waals surface area contributed by atoms with Gasteiger partial charge >= 0.3 is 0 Å². The number of halogens is 1. The number of hydrogen-bond donors (Lipinski definition) is 2. The maximum absolute atomic E-state index is 5.43. The van der Waals surface area contributed by atoms with E-state index in [4.69, 9.17) is 9.47 Å². The van der Waals surface area contributed by atoms with Gasteiger partial charge in [-0.05, 0) is 25.7 Å². The van der Waals surface area contributed by atoms with Crippen LogP contribution < -0.4 is 10.6 Å². The van der Waals surface area contributed by atoms with E-state index in [1.807, 2.05) is 0 Å². The van der Waals surface area contributed by atoms with Gasteiger partial charge in [0.25, 0.3) is 0 Å². The van der Waals surface area contributed by atoms with Crippen LogP contribution in [0.25, 0.3) is 0 Å². The van der Waals surface area contributed by atoms with E-state index >= 15 is 0 Å². The van der Waals surface area contributed by atoms with Crippen LogP contribution in [-0.4, -0.2) is 52.5 Å². The first kappa shape index (κ1) is 21.9. The minimum absolute atomic E-state index is 0. The molecule has 2 N–H and O–H groups in total. The molecule has 1 aliphatic carbocycles. The zero-order chi connectivity index (χ0) is 15.2. The van der Waals surface area contributed by atoms with Crippen molar-refractivity contribution in [2.24, 2.45) is 10.9 Å². The fourth-order valence-corrected chi connectivity index (χ4v) is 2.70. The van der Waals surface area contributed by atoms with Crippen molar-refractivity contribution in [2.75, 3.05) is 46.6 Å². The summed E-state index contributed by atoms with van der Waals surface area (Å²) < 4.78 is 10.4. The number of guanidine groups is 1. The summed E-state index contributed by atoms with van der Waals surface area (Å²) in [5.41, 5.74) is 0. The van der Waals surface area contributed by atoms with E-state index < -0.39 is 0 Å². The second kappa shape index (κ2) is 15.8. The average molecular weight is 427 g/mol. The lowest BCUT2D eigenvalue weighted by molar-refractivity contribution is 0.0733. The second-order valence-electron chi connectivity index (χ2n) is 5.59. The first-order chi connectivity index (χ1) is 10.4. The summed E-state index contributed by atoms with van der Waals surface area (Å²) in [5, 5.41) is 6.57. The van der Waals surface area contributed by atoms with Crippen molar-refractivity contribution >= 4 is 29.9 Å². The summed E-state index contributed by atoms with van der Waals surface area (Å²) in [6.07, 6.45) is 8.26. The molecule has 0 saturated heterocycles. The Hall–Kier alpha value is -0.0800. The van der Waals surface area contributed by atoms with Crippen LogP contribution >= 0.6 is 24.0 Å². The molecule has 1 rings (SSSR count). The van der Waals surface area contributed by atoms with E-state index in [0.29, 0.717) is 19.8 Å². The van der Waals surface area contributed by atoms with E-state index in [-0.39, 0.29) is 24.0 Å². The molecule has 0 aliphatic heterocycles. The van der Waals surface area contributed by atoms with Crippen molar-refractivity contribution < 1.29 is 9.47 Å². The molecule has 1 saturated carbocycles. The van der Waals surface area contributed by atoms with E-state index in [0.717, 1.165) is 31.5 Å². The Balaban J connectivity index is 0.00000441. The minimum atomic E-state index is 0. The number of aliphatic imine (C=N–C) groups is 1. The van der Waals surface area contributed by atoms with Gasteiger partial charge in [-0.25, -0.2) is 0 Å². The molecule has 5 nitrogen and oxygen atoms in total. The average Bonchev–Trinajstić information content (AvgIpc) is 3.00. The fourth-order valence-electron chi connectivity index (χ4n) is 2.70. The highest BCUT2D eigenvalue weighted by molar-refractivity contribution is 14.0. The SMILES string of the molecule is CCNC(=NCCCC1CCCC1)NCCOCCOC.I. The lowest BCUT2D eigenvalue weighted by Crippen LogP contribution is -2.39. The quantitative estimate of drug-likeness (QED) is 0.231. The highest BCUT2D eigenvalue weighted by Crippen LogP contribution is 2.28. The number of ether oxygens (including phenoxy) is 2. The van der Waals surface area contributed by atoms with E-state index in [1.165, 1.54) is 38.5 Å². The normalized spacial score (nSPS) is 15.6. The van der Waals surface area contributed by atoms with Crippen LogP contribution in [0.2, 0.25) is 0 Å². The van der Waals surface area contributed by atoms with Gasteiger partial charge < -0.3 is 20.1 Å². The van der Waals surface area contributed by atoms with Crippen molar-refractivity contribution in [3.63, 3.8) is 0 Å². The molecule has 1 aliphatic rings. The number of methoxy groups -OCH3 is 1. The molecule has 0 spiro atoms. The van der Waals surface area contributed by atoms with Crippen molar-refractivity contribution in [2.45, 2.75) is 45.4 Å². The molecule has 132 valence electrons. The zero-order valence-electron chi connectivity index (χ0n) is 14.2. The van der Waals surface area contributed by atoms with E-state index in [1.54, 1.807) is 7.11 Å². The predicted octanol–water partition coefficient (Wildman–Crippen LogP) is 2.79.